The molecule has 1 aromatic carbocycles. The number of hydrogen-bond donors (Lipinski definition) is 2. The first-order valence-corrected chi connectivity index (χ1v) is 7.57. The first-order chi connectivity index (χ1) is 9.16. The van der Waals surface area contributed by atoms with E-state index >= 15 is 0 Å². The summed E-state index contributed by atoms with van der Waals surface area (Å²) in [6, 6.07) is 4.67. The second-order valence-electron chi connectivity index (χ2n) is 5.79. The monoisotopic (exact) mass is 295 g/mol. The Hall–Kier alpha value is -1.49. The fourth-order valence-corrected chi connectivity index (χ4v) is 2.27. The van der Waals surface area contributed by atoms with E-state index in [2.05, 4.69) is 5.32 Å². The molecule has 1 unspecified atom stereocenters. The van der Waals surface area contributed by atoms with Gasteiger partial charge in [0.05, 0.1) is 0 Å². The predicted octanol–water partition coefficient (Wildman–Crippen LogP) is 2.95. The van der Waals surface area contributed by atoms with Crippen LogP contribution in [0.25, 0.3) is 0 Å². The van der Waals surface area contributed by atoms with Crippen LogP contribution in [0.5, 0.6) is 0 Å². The van der Waals surface area contributed by atoms with E-state index in [4.69, 9.17) is 0 Å². The first kappa shape index (κ1) is 16.6. The number of carboxylic acid groups (broad SMARTS) is 1. The van der Waals surface area contributed by atoms with Crippen molar-refractivity contribution in [1.82, 2.24) is 5.32 Å². The Labute approximate surface area is 124 Å². The highest BCUT2D eigenvalue weighted by atomic mass is 32.2. The van der Waals surface area contributed by atoms with Crippen molar-refractivity contribution in [2.75, 3.05) is 6.26 Å². The quantitative estimate of drug-likeness (QED) is 0.838. The average Bonchev–Trinajstić information content (AvgIpc) is 2.34. The maximum atomic E-state index is 12.3. The van der Waals surface area contributed by atoms with Crippen LogP contribution < -0.4 is 5.32 Å². The van der Waals surface area contributed by atoms with E-state index in [1.54, 1.807) is 38.6 Å². The minimum atomic E-state index is -1.02. The van der Waals surface area contributed by atoms with Gasteiger partial charge in [0.15, 0.2) is 0 Å². The SMILES string of the molecule is CSc1ccc(C)c(C(=O)NC(C(=O)O)C(C)(C)C)c1. The summed E-state index contributed by atoms with van der Waals surface area (Å²) in [7, 11) is 0. The number of carboxylic acids is 1. The minimum Gasteiger partial charge on any atom is -0.480 e. The molecule has 0 bridgehead atoms. The zero-order valence-corrected chi connectivity index (χ0v) is 13.3. The highest BCUT2D eigenvalue weighted by Gasteiger charge is 2.33. The highest BCUT2D eigenvalue weighted by Crippen LogP contribution is 2.22. The van der Waals surface area contributed by atoms with Gasteiger partial charge < -0.3 is 10.4 Å². The summed E-state index contributed by atoms with van der Waals surface area (Å²) >= 11 is 1.54. The van der Waals surface area contributed by atoms with Crippen molar-refractivity contribution < 1.29 is 14.7 Å². The van der Waals surface area contributed by atoms with Crippen LogP contribution >= 0.6 is 11.8 Å². The molecule has 1 amide bonds. The third-order valence-corrected chi connectivity index (χ3v) is 3.80. The van der Waals surface area contributed by atoms with Gasteiger partial charge >= 0.3 is 5.97 Å². The molecule has 4 nitrogen and oxygen atoms in total. The van der Waals surface area contributed by atoms with Gasteiger partial charge in [-0.15, -0.1) is 11.8 Å². The lowest BCUT2D eigenvalue weighted by molar-refractivity contribution is -0.142. The van der Waals surface area contributed by atoms with E-state index in [0.717, 1.165) is 10.5 Å². The molecule has 0 aliphatic heterocycles. The summed E-state index contributed by atoms with van der Waals surface area (Å²) in [6.45, 7) is 7.21. The Kier molecular flexibility index (Phi) is 5.22. The summed E-state index contributed by atoms with van der Waals surface area (Å²) in [5, 5.41) is 11.9. The lowest BCUT2D eigenvalue weighted by atomic mass is 9.86. The van der Waals surface area contributed by atoms with Gasteiger partial charge in [0.2, 0.25) is 0 Å². The number of nitrogens with one attached hydrogen (secondary N) is 1. The Morgan fingerprint density at radius 1 is 1.30 bits per heavy atom. The van der Waals surface area contributed by atoms with Crippen LogP contribution in [0.15, 0.2) is 23.1 Å². The van der Waals surface area contributed by atoms with E-state index in [0.29, 0.717) is 5.56 Å². The topological polar surface area (TPSA) is 66.4 Å². The van der Waals surface area contributed by atoms with Crippen LogP contribution in [0.1, 0.15) is 36.7 Å². The Morgan fingerprint density at radius 3 is 2.35 bits per heavy atom. The molecule has 20 heavy (non-hydrogen) atoms. The van der Waals surface area contributed by atoms with Gasteiger partial charge in [-0.25, -0.2) is 4.79 Å². The highest BCUT2D eigenvalue weighted by molar-refractivity contribution is 7.98. The largest absolute Gasteiger partial charge is 0.480 e. The summed E-state index contributed by atoms with van der Waals surface area (Å²) in [5.74, 6) is -1.37. The number of carbonyl (C=O) groups is 2. The van der Waals surface area contributed by atoms with Crippen molar-refractivity contribution >= 4 is 23.6 Å². The molecule has 5 heteroatoms. The number of thioether (sulfide) groups is 1. The summed E-state index contributed by atoms with van der Waals surface area (Å²) in [5.41, 5.74) is 0.803. The predicted molar refractivity (Wildman–Crippen MR) is 81.3 cm³/mol. The number of amides is 1. The van der Waals surface area contributed by atoms with Crippen LogP contribution in [0, 0.1) is 12.3 Å². The van der Waals surface area contributed by atoms with Gasteiger partial charge in [-0.2, -0.15) is 0 Å². The third-order valence-electron chi connectivity index (χ3n) is 3.08. The molecule has 1 aromatic rings. The number of benzene rings is 1. The van der Waals surface area contributed by atoms with Crippen molar-refractivity contribution in [1.29, 1.82) is 0 Å². The molecule has 0 heterocycles. The van der Waals surface area contributed by atoms with Gasteiger partial charge in [0.1, 0.15) is 6.04 Å². The number of aliphatic carboxylic acids is 1. The summed E-state index contributed by atoms with van der Waals surface area (Å²) in [6.07, 6.45) is 1.93. The molecule has 1 rings (SSSR count). The Balaban J connectivity index is 3.03. The molecule has 0 aliphatic rings. The first-order valence-electron chi connectivity index (χ1n) is 6.35. The number of aryl methyl sites for hydroxylation is 1. The second-order valence-corrected chi connectivity index (χ2v) is 6.67. The molecule has 0 saturated carbocycles. The van der Waals surface area contributed by atoms with Crippen molar-refractivity contribution in [2.45, 2.75) is 38.6 Å². The van der Waals surface area contributed by atoms with E-state index in [9.17, 15) is 14.7 Å². The van der Waals surface area contributed by atoms with E-state index in [1.807, 2.05) is 25.3 Å². The van der Waals surface area contributed by atoms with Crippen LogP contribution in [0.4, 0.5) is 0 Å². The van der Waals surface area contributed by atoms with Gasteiger partial charge in [-0.1, -0.05) is 26.8 Å². The molecule has 0 radical (unpaired) electrons. The molecule has 110 valence electrons. The molecule has 0 saturated heterocycles. The van der Waals surface area contributed by atoms with Crippen LogP contribution in [-0.2, 0) is 4.79 Å². The van der Waals surface area contributed by atoms with Gasteiger partial charge in [0, 0.05) is 10.5 Å². The van der Waals surface area contributed by atoms with Gasteiger partial charge in [0.25, 0.3) is 5.91 Å². The zero-order valence-electron chi connectivity index (χ0n) is 12.5. The van der Waals surface area contributed by atoms with Crippen molar-refractivity contribution in [3.8, 4) is 0 Å². The third kappa shape index (κ3) is 4.00. The Morgan fingerprint density at radius 2 is 1.90 bits per heavy atom. The second kappa shape index (κ2) is 6.31. The lowest BCUT2D eigenvalue weighted by Crippen LogP contribution is -2.49. The number of hydrogen-bond acceptors (Lipinski definition) is 3. The van der Waals surface area contributed by atoms with Gasteiger partial charge in [-0.3, -0.25) is 4.79 Å². The standard InChI is InChI=1S/C15H21NO3S/c1-9-6-7-10(20-5)8-11(9)13(17)16-12(14(18)19)15(2,3)4/h6-8,12H,1-5H3,(H,16,17)(H,18,19). The molecule has 0 aromatic heterocycles. The van der Waals surface area contributed by atoms with E-state index < -0.39 is 17.4 Å². The normalized spacial score (nSPS) is 12.8. The van der Waals surface area contributed by atoms with Crippen LogP contribution in [0.3, 0.4) is 0 Å². The molecular weight excluding hydrogens is 274 g/mol. The maximum absolute atomic E-state index is 12.3. The number of rotatable bonds is 4. The number of carbonyl (C=O) groups excluding carboxylic acids is 1. The zero-order chi connectivity index (χ0) is 15.5. The van der Waals surface area contributed by atoms with Crippen LogP contribution in [0.2, 0.25) is 0 Å². The smallest absolute Gasteiger partial charge is 0.326 e. The van der Waals surface area contributed by atoms with Crippen molar-refractivity contribution in [3.63, 3.8) is 0 Å². The maximum Gasteiger partial charge on any atom is 0.326 e. The average molecular weight is 295 g/mol. The van der Waals surface area contributed by atoms with Crippen molar-refractivity contribution in [2.24, 2.45) is 5.41 Å². The van der Waals surface area contributed by atoms with Gasteiger partial charge in [-0.05, 0) is 36.3 Å². The van der Waals surface area contributed by atoms with Crippen LogP contribution in [-0.4, -0.2) is 29.3 Å². The molecule has 1 atom stereocenters. The summed E-state index contributed by atoms with van der Waals surface area (Å²) in [4.78, 5) is 24.6. The van der Waals surface area contributed by atoms with E-state index in [-0.39, 0.29) is 5.91 Å². The Bertz CT molecular complexity index is 520. The molecule has 0 aliphatic carbocycles. The lowest BCUT2D eigenvalue weighted by Gasteiger charge is -2.28. The fourth-order valence-electron chi connectivity index (χ4n) is 1.83. The summed E-state index contributed by atoms with van der Waals surface area (Å²) < 4.78 is 0. The van der Waals surface area contributed by atoms with Crippen molar-refractivity contribution in [3.05, 3.63) is 29.3 Å². The fraction of sp³-hybridized carbons (Fsp3) is 0.467. The molecule has 2 N–H and O–H groups in total. The molecule has 0 fully saturated rings. The van der Waals surface area contributed by atoms with E-state index in [1.165, 1.54) is 0 Å². The molecular formula is C15H21NO3S. The molecule has 0 spiro atoms. The minimum absolute atomic E-state index is 0.347.